The van der Waals surface area contributed by atoms with Crippen LogP contribution in [-0.4, -0.2) is 30.6 Å². The van der Waals surface area contributed by atoms with E-state index in [1.807, 2.05) is 0 Å². The number of halogens is 2. The molecular weight excluding hydrogens is 222 g/mol. The lowest BCUT2D eigenvalue weighted by atomic mass is 10.2. The summed E-state index contributed by atoms with van der Waals surface area (Å²) in [4.78, 5) is 2.16. The molecule has 2 nitrogen and oxygen atoms in total. The lowest BCUT2D eigenvalue weighted by Crippen LogP contribution is -2.32. The van der Waals surface area contributed by atoms with Crippen molar-refractivity contribution in [2.75, 3.05) is 19.6 Å². The van der Waals surface area contributed by atoms with Gasteiger partial charge in [-0.2, -0.15) is 0 Å². The maximum absolute atomic E-state index is 13.5. The van der Waals surface area contributed by atoms with Gasteiger partial charge in [0.15, 0.2) is 0 Å². The lowest BCUT2D eigenvalue weighted by molar-refractivity contribution is 0.315. The van der Waals surface area contributed by atoms with Crippen molar-refractivity contribution in [3.05, 3.63) is 35.4 Å². The van der Waals surface area contributed by atoms with Crippen molar-refractivity contribution in [1.29, 1.82) is 0 Å². The van der Waals surface area contributed by atoms with Gasteiger partial charge in [0, 0.05) is 31.2 Å². The van der Waals surface area contributed by atoms with E-state index >= 15 is 0 Å². The number of nitrogens with one attached hydrogen (secondary N) is 1. The van der Waals surface area contributed by atoms with Crippen LogP contribution in [0.1, 0.15) is 18.9 Å². The third-order valence-corrected chi connectivity index (χ3v) is 3.17. The van der Waals surface area contributed by atoms with Crippen LogP contribution >= 0.6 is 0 Å². The molecule has 0 aromatic heterocycles. The van der Waals surface area contributed by atoms with Crippen LogP contribution < -0.4 is 5.32 Å². The molecule has 0 amide bonds. The van der Waals surface area contributed by atoms with Crippen LogP contribution in [0.2, 0.25) is 0 Å². The van der Waals surface area contributed by atoms with E-state index in [0.717, 1.165) is 32.1 Å². The molecule has 17 heavy (non-hydrogen) atoms. The van der Waals surface area contributed by atoms with Gasteiger partial charge in [-0.1, -0.05) is 6.92 Å². The summed E-state index contributed by atoms with van der Waals surface area (Å²) in [5, 5.41) is 3.38. The summed E-state index contributed by atoms with van der Waals surface area (Å²) in [6, 6.07) is 4.12. The summed E-state index contributed by atoms with van der Waals surface area (Å²) in [6.45, 7) is 5.37. The number of likely N-dealkylation sites (N-methyl/N-ethyl adjacent to an activating group) is 1. The summed E-state index contributed by atoms with van der Waals surface area (Å²) in [5.41, 5.74) is 0.446. The third-order valence-electron chi connectivity index (χ3n) is 3.17. The molecule has 1 atom stereocenters. The second-order valence-corrected chi connectivity index (χ2v) is 4.51. The quantitative estimate of drug-likeness (QED) is 0.867. The number of nitrogens with zero attached hydrogens (tertiary/aromatic N) is 1. The first kappa shape index (κ1) is 12.5. The van der Waals surface area contributed by atoms with E-state index in [4.69, 9.17) is 0 Å². The van der Waals surface area contributed by atoms with Crippen molar-refractivity contribution >= 4 is 0 Å². The Hall–Kier alpha value is -1.00. The molecule has 0 saturated carbocycles. The molecule has 0 bridgehead atoms. The zero-order chi connectivity index (χ0) is 12.3. The largest absolute Gasteiger partial charge is 0.313 e. The van der Waals surface area contributed by atoms with E-state index in [9.17, 15) is 8.78 Å². The lowest BCUT2D eigenvalue weighted by Gasteiger charge is -2.16. The highest BCUT2D eigenvalue weighted by Gasteiger charge is 2.22. The Morgan fingerprint density at radius 2 is 2.24 bits per heavy atom. The van der Waals surface area contributed by atoms with Crippen molar-refractivity contribution in [2.45, 2.75) is 25.9 Å². The van der Waals surface area contributed by atoms with Gasteiger partial charge in [-0.05, 0) is 31.2 Å². The average molecular weight is 240 g/mol. The van der Waals surface area contributed by atoms with Gasteiger partial charge in [-0.15, -0.1) is 0 Å². The fraction of sp³-hybridized carbons (Fsp3) is 0.538. The van der Waals surface area contributed by atoms with E-state index in [0.29, 0.717) is 18.2 Å². The zero-order valence-corrected chi connectivity index (χ0v) is 10.0. The van der Waals surface area contributed by atoms with Gasteiger partial charge in [0.25, 0.3) is 0 Å². The van der Waals surface area contributed by atoms with Crippen molar-refractivity contribution in [3.63, 3.8) is 0 Å². The molecule has 1 aliphatic heterocycles. The van der Waals surface area contributed by atoms with Crippen molar-refractivity contribution < 1.29 is 8.78 Å². The van der Waals surface area contributed by atoms with E-state index in [-0.39, 0.29) is 11.6 Å². The Kier molecular flexibility index (Phi) is 4.07. The second-order valence-electron chi connectivity index (χ2n) is 4.51. The molecule has 1 saturated heterocycles. The normalized spacial score (nSPS) is 21.0. The predicted molar refractivity (Wildman–Crippen MR) is 63.7 cm³/mol. The molecule has 4 heteroatoms. The average Bonchev–Trinajstić information content (AvgIpc) is 2.72. The fourth-order valence-electron chi connectivity index (χ4n) is 2.34. The van der Waals surface area contributed by atoms with Crippen LogP contribution in [-0.2, 0) is 6.54 Å². The Balaban J connectivity index is 1.95. The first-order valence-electron chi connectivity index (χ1n) is 6.08. The van der Waals surface area contributed by atoms with Crippen LogP contribution in [0.15, 0.2) is 18.2 Å². The zero-order valence-electron chi connectivity index (χ0n) is 10.0. The number of benzene rings is 1. The summed E-state index contributed by atoms with van der Waals surface area (Å²) in [7, 11) is 0. The highest BCUT2D eigenvalue weighted by Crippen LogP contribution is 2.16. The second kappa shape index (κ2) is 5.56. The first-order valence-corrected chi connectivity index (χ1v) is 6.08. The number of hydrogen-bond acceptors (Lipinski definition) is 2. The molecule has 1 unspecified atom stereocenters. The molecule has 0 radical (unpaired) electrons. The fourth-order valence-corrected chi connectivity index (χ4v) is 2.34. The first-order chi connectivity index (χ1) is 8.19. The minimum Gasteiger partial charge on any atom is -0.313 e. The topological polar surface area (TPSA) is 15.3 Å². The number of rotatable bonds is 4. The molecule has 0 spiro atoms. The maximum atomic E-state index is 13.5. The van der Waals surface area contributed by atoms with Gasteiger partial charge in [-0.25, -0.2) is 8.78 Å². The molecule has 1 fully saturated rings. The van der Waals surface area contributed by atoms with Crippen LogP contribution in [0, 0.1) is 11.6 Å². The van der Waals surface area contributed by atoms with Crippen molar-refractivity contribution in [1.82, 2.24) is 10.2 Å². The monoisotopic (exact) mass is 240 g/mol. The Bertz CT molecular complexity index is 382. The number of hydrogen-bond donors (Lipinski definition) is 1. The minimum atomic E-state index is -0.371. The van der Waals surface area contributed by atoms with Crippen LogP contribution in [0.25, 0.3) is 0 Å². The summed E-state index contributed by atoms with van der Waals surface area (Å²) < 4.78 is 26.5. The Morgan fingerprint density at radius 3 is 3.00 bits per heavy atom. The van der Waals surface area contributed by atoms with Crippen molar-refractivity contribution in [2.24, 2.45) is 0 Å². The summed E-state index contributed by atoms with van der Waals surface area (Å²) in [5.74, 6) is -0.692. The summed E-state index contributed by atoms with van der Waals surface area (Å²) >= 11 is 0. The standard InChI is InChI=1S/C13H18F2N2/c1-2-16-12-5-6-17(9-12)8-10-7-11(14)3-4-13(10)15/h3-4,7,12,16H,2,5-6,8-9H2,1H3. The van der Waals surface area contributed by atoms with Crippen LogP contribution in [0.3, 0.4) is 0 Å². The van der Waals surface area contributed by atoms with Gasteiger partial charge in [0.1, 0.15) is 11.6 Å². The predicted octanol–water partition coefficient (Wildman–Crippen LogP) is 2.15. The van der Waals surface area contributed by atoms with Crippen molar-refractivity contribution in [3.8, 4) is 0 Å². The van der Waals surface area contributed by atoms with Gasteiger partial charge in [-0.3, -0.25) is 4.90 Å². The summed E-state index contributed by atoms with van der Waals surface area (Å²) in [6.07, 6.45) is 1.07. The van der Waals surface area contributed by atoms with E-state index in [1.165, 1.54) is 12.1 Å². The van der Waals surface area contributed by atoms with Crippen LogP contribution in [0.5, 0.6) is 0 Å². The molecule has 1 aromatic carbocycles. The van der Waals surface area contributed by atoms with Crippen LogP contribution in [0.4, 0.5) is 8.78 Å². The van der Waals surface area contributed by atoms with Gasteiger partial charge >= 0.3 is 0 Å². The molecule has 2 rings (SSSR count). The van der Waals surface area contributed by atoms with Gasteiger partial charge in [0.05, 0.1) is 0 Å². The maximum Gasteiger partial charge on any atom is 0.127 e. The minimum absolute atomic E-state index is 0.321. The third kappa shape index (κ3) is 3.23. The van der Waals surface area contributed by atoms with Gasteiger partial charge in [0.2, 0.25) is 0 Å². The Labute approximate surface area is 101 Å². The van der Waals surface area contributed by atoms with E-state index in [2.05, 4.69) is 17.1 Å². The molecule has 1 aliphatic rings. The smallest absolute Gasteiger partial charge is 0.127 e. The van der Waals surface area contributed by atoms with E-state index in [1.54, 1.807) is 0 Å². The number of likely N-dealkylation sites (tertiary alicyclic amines) is 1. The molecular formula is C13H18F2N2. The molecule has 1 N–H and O–H groups in total. The molecule has 0 aliphatic carbocycles. The Morgan fingerprint density at radius 1 is 1.41 bits per heavy atom. The molecule has 94 valence electrons. The highest BCUT2D eigenvalue weighted by molar-refractivity contribution is 5.18. The van der Waals surface area contributed by atoms with E-state index < -0.39 is 0 Å². The molecule has 1 heterocycles. The SMILES string of the molecule is CCNC1CCN(Cc2cc(F)ccc2F)C1. The molecule has 1 aromatic rings. The van der Waals surface area contributed by atoms with Gasteiger partial charge < -0.3 is 5.32 Å². The highest BCUT2D eigenvalue weighted by atomic mass is 19.1.